The highest BCUT2D eigenvalue weighted by Gasteiger charge is 2.05. The number of aromatic nitrogens is 1. The molecule has 0 aliphatic heterocycles. The van der Waals surface area contributed by atoms with Crippen molar-refractivity contribution < 1.29 is 10.2 Å². The lowest BCUT2D eigenvalue weighted by Crippen LogP contribution is -1.98. The van der Waals surface area contributed by atoms with Crippen LogP contribution in [0.3, 0.4) is 0 Å². The smallest absolute Gasteiger partial charge is 0.0957 e. The zero-order valence-electron chi connectivity index (χ0n) is 8.18. The monoisotopic (exact) mass is 213 g/mol. The Labute approximate surface area is 88.2 Å². The third-order valence-electron chi connectivity index (χ3n) is 1.85. The summed E-state index contributed by atoms with van der Waals surface area (Å²) in [5, 5.41) is 18.1. The van der Waals surface area contributed by atoms with Crippen molar-refractivity contribution >= 4 is 11.8 Å². The second kappa shape index (κ2) is 6.01. The molecule has 0 aliphatic rings. The number of aliphatic hydroxyl groups is 2. The molecule has 1 heterocycles. The van der Waals surface area contributed by atoms with Crippen LogP contribution >= 0.6 is 11.8 Å². The van der Waals surface area contributed by atoms with Gasteiger partial charge in [0, 0.05) is 16.8 Å². The number of thioether (sulfide) groups is 1. The predicted octanol–water partition coefficient (Wildman–Crippen LogP) is 1.61. The lowest BCUT2D eigenvalue weighted by Gasteiger charge is -2.07. The van der Waals surface area contributed by atoms with Crippen molar-refractivity contribution in [1.82, 2.24) is 4.98 Å². The topological polar surface area (TPSA) is 53.4 Å². The van der Waals surface area contributed by atoms with Crippen molar-refractivity contribution in [3.8, 4) is 0 Å². The summed E-state index contributed by atoms with van der Waals surface area (Å²) in [5.74, 6) is 0.678. The first-order valence-electron chi connectivity index (χ1n) is 4.65. The average Bonchev–Trinajstić information content (AvgIpc) is 2.26. The quantitative estimate of drug-likeness (QED) is 0.730. The van der Waals surface area contributed by atoms with Crippen molar-refractivity contribution in [3.63, 3.8) is 0 Å². The molecule has 0 aromatic carbocycles. The maximum atomic E-state index is 9.49. The van der Waals surface area contributed by atoms with Crippen molar-refractivity contribution in [3.05, 3.63) is 24.0 Å². The van der Waals surface area contributed by atoms with Crippen LogP contribution in [0, 0.1) is 0 Å². The molecule has 3 nitrogen and oxygen atoms in total. The highest BCUT2D eigenvalue weighted by Crippen LogP contribution is 2.19. The molecule has 0 spiro atoms. The minimum Gasteiger partial charge on any atom is -0.396 e. The lowest BCUT2D eigenvalue weighted by atomic mass is 10.2. The number of hydrogen-bond donors (Lipinski definition) is 2. The SMILES string of the molecule is CC[C@H](O)c1ccc(SCCO)cn1. The predicted molar refractivity (Wildman–Crippen MR) is 57.3 cm³/mol. The van der Waals surface area contributed by atoms with E-state index in [1.165, 1.54) is 0 Å². The summed E-state index contributed by atoms with van der Waals surface area (Å²) in [6.07, 6.45) is 1.94. The Kier molecular flexibility index (Phi) is 4.93. The second-order valence-corrected chi connectivity index (χ2v) is 4.08. The highest BCUT2D eigenvalue weighted by molar-refractivity contribution is 7.99. The van der Waals surface area contributed by atoms with Gasteiger partial charge in [-0.2, -0.15) is 0 Å². The Hall–Kier alpha value is -0.580. The van der Waals surface area contributed by atoms with Crippen LogP contribution in [0.2, 0.25) is 0 Å². The van der Waals surface area contributed by atoms with E-state index in [1.54, 1.807) is 18.0 Å². The molecule has 0 bridgehead atoms. The minimum atomic E-state index is -0.466. The molecule has 0 saturated heterocycles. The van der Waals surface area contributed by atoms with Crippen LogP contribution in [0.25, 0.3) is 0 Å². The zero-order chi connectivity index (χ0) is 10.4. The summed E-state index contributed by atoms with van der Waals surface area (Å²) < 4.78 is 0. The summed E-state index contributed by atoms with van der Waals surface area (Å²) in [4.78, 5) is 5.17. The summed E-state index contributed by atoms with van der Waals surface area (Å²) in [7, 11) is 0. The molecular formula is C10H15NO2S. The van der Waals surface area contributed by atoms with Gasteiger partial charge in [-0.3, -0.25) is 4.98 Å². The third kappa shape index (κ3) is 3.29. The first-order valence-corrected chi connectivity index (χ1v) is 5.64. The molecule has 0 aliphatic carbocycles. The number of hydrogen-bond acceptors (Lipinski definition) is 4. The Balaban J connectivity index is 2.59. The van der Waals surface area contributed by atoms with Crippen molar-refractivity contribution in [2.24, 2.45) is 0 Å². The van der Waals surface area contributed by atoms with Crippen LogP contribution in [0.4, 0.5) is 0 Å². The highest BCUT2D eigenvalue weighted by atomic mass is 32.2. The van der Waals surface area contributed by atoms with Crippen LogP contribution in [0.5, 0.6) is 0 Å². The van der Waals surface area contributed by atoms with E-state index in [4.69, 9.17) is 5.11 Å². The van der Waals surface area contributed by atoms with E-state index in [2.05, 4.69) is 4.98 Å². The molecule has 1 atom stereocenters. The fraction of sp³-hybridized carbons (Fsp3) is 0.500. The van der Waals surface area contributed by atoms with Gasteiger partial charge in [0.15, 0.2) is 0 Å². The molecule has 1 aromatic heterocycles. The minimum absolute atomic E-state index is 0.171. The molecule has 0 fully saturated rings. The van der Waals surface area contributed by atoms with Crippen molar-refractivity contribution in [2.75, 3.05) is 12.4 Å². The van der Waals surface area contributed by atoms with Crippen molar-refractivity contribution in [2.45, 2.75) is 24.3 Å². The number of aliphatic hydroxyl groups excluding tert-OH is 2. The maximum Gasteiger partial charge on any atom is 0.0957 e. The van der Waals surface area contributed by atoms with Gasteiger partial charge in [-0.15, -0.1) is 11.8 Å². The Morgan fingerprint density at radius 1 is 1.50 bits per heavy atom. The fourth-order valence-corrected chi connectivity index (χ4v) is 1.67. The summed E-state index contributed by atoms with van der Waals surface area (Å²) >= 11 is 1.55. The molecule has 1 aromatic rings. The molecule has 1 rings (SSSR count). The fourth-order valence-electron chi connectivity index (χ4n) is 1.05. The average molecular weight is 213 g/mol. The summed E-state index contributed by atoms with van der Waals surface area (Å²) in [6, 6.07) is 3.75. The Morgan fingerprint density at radius 2 is 2.29 bits per heavy atom. The summed E-state index contributed by atoms with van der Waals surface area (Å²) in [6.45, 7) is 2.09. The van der Waals surface area contributed by atoms with Crippen LogP contribution in [-0.2, 0) is 0 Å². The van der Waals surface area contributed by atoms with Gasteiger partial charge in [0.1, 0.15) is 0 Å². The van der Waals surface area contributed by atoms with Gasteiger partial charge in [0.25, 0.3) is 0 Å². The summed E-state index contributed by atoms with van der Waals surface area (Å²) in [5.41, 5.74) is 0.709. The number of rotatable bonds is 5. The molecule has 0 saturated carbocycles. The first-order chi connectivity index (χ1) is 6.77. The largest absolute Gasteiger partial charge is 0.396 e. The maximum absolute atomic E-state index is 9.49. The second-order valence-electron chi connectivity index (χ2n) is 2.91. The van der Waals surface area contributed by atoms with Gasteiger partial charge in [-0.1, -0.05) is 6.92 Å². The Bertz CT molecular complexity index is 263. The molecule has 0 radical (unpaired) electrons. The van der Waals surface area contributed by atoms with Crippen LogP contribution in [-0.4, -0.2) is 27.6 Å². The lowest BCUT2D eigenvalue weighted by molar-refractivity contribution is 0.169. The molecule has 78 valence electrons. The van der Waals surface area contributed by atoms with Crippen molar-refractivity contribution in [1.29, 1.82) is 0 Å². The molecule has 0 amide bonds. The van der Waals surface area contributed by atoms with E-state index < -0.39 is 6.10 Å². The van der Waals surface area contributed by atoms with Gasteiger partial charge >= 0.3 is 0 Å². The van der Waals surface area contributed by atoms with E-state index in [0.29, 0.717) is 17.9 Å². The van der Waals surface area contributed by atoms with Gasteiger partial charge in [0.2, 0.25) is 0 Å². The normalized spacial score (nSPS) is 12.8. The standard InChI is InChI=1S/C10H15NO2S/c1-2-10(13)9-4-3-8(7-11-9)14-6-5-12/h3-4,7,10,12-13H,2,5-6H2,1H3/t10-/m0/s1. The van der Waals surface area contributed by atoms with E-state index in [1.807, 2.05) is 19.1 Å². The van der Waals surface area contributed by atoms with Crippen LogP contribution < -0.4 is 0 Å². The van der Waals surface area contributed by atoms with Gasteiger partial charge < -0.3 is 10.2 Å². The number of nitrogens with zero attached hydrogens (tertiary/aromatic N) is 1. The van der Waals surface area contributed by atoms with E-state index >= 15 is 0 Å². The van der Waals surface area contributed by atoms with Gasteiger partial charge in [-0.05, 0) is 18.6 Å². The zero-order valence-corrected chi connectivity index (χ0v) is 9.00. The van der Waals surface area contributed by atoms with Crippen LogP contribution in [0.1, 0.15) is 25.1 Å². The molecular weight excluding hydrogens is 198 g/mol. The Morgan fingerprint density at radius 3 is 2.79 bits per heavy atom. The van der Waals surface area contributed by atoms with Gasteiger partial charge in [0.05, 0.1) is 18.4 Å². The van der Waals surface area contributed by atoms with E-state index in [-0.39, 0.29) is 6.61 Å². The first kappa shape index (κ1) is 11.5. The molecule has 2 N–H and O–H groups in total. The number of pyridine rings is 1. The molecule has 4 heteroatoms. The van der Waals surface area contributed by atoms with E-state index in [9.17, 15) is 5.11 Å². The third-order valence-corrected chi connectivity index (χ3v) is 2.81. The molecule has 0 unspecified atom stereocenters. The molecule has 14 heavy (non-hydrogen) atoms. The van der Waals surface area contributed by atoms with Gasteiger partial charge in [-0.25, -0.2) is 0 Å². The van der Waals surface area contributed by atoms with E-state index in [0.717, 1.165) is 4.90 Å². The van der Waals surface area contributed by atoms with Crippen LogP contribution in [0.15, 0.2) is 23.2 Å².